The van der Waals surface area contributed by atoms with Crippen molar-refractivity contribution in [2.24, 2.45) is 0 Å². The van der Waals surface area contributed by atoms with E-state index in [9.17, 15) is 0 Å². The van der Waals surface area contributed by atoms with Crippen molar-refractivity contribution < 1.29 is 4.52 Å². The van der Waals surface area contributed by atoms with E-state index in [1.807, 2.05) is 36.4 Å². The van der Waals surface area contributed by atoms with Crippen molar-refractivity contribution in [3.05, 3.63) is 102 Å². The zero-order valence-electron chi connectivity index (χ0n) is 15.2. The Labute approximate surface area is 171 Å². The monoisotopic (exact) mass is 397 g/mol. The van der Waals surface area contributed by atoms with E-state index in [0.29, 0.717) is 22.5 Å². The van der Waals surface area contributed by atoms with Crippen LogP contribution in [-0.2, 0) is 0 Å². The molecule has 0 atom stereocenters. The molecule has 2 aromatic carbocycles. The molecule has 5 aromatic rings. The molecule has 29 heavy (non-hydrogen) atoms. The van der Waals surface area contributed by atoms with Crippen LogP contribution in [0.3, 0.4) is 0 Å². The number of thiazole rings is 1. The standard InChI is InChI=1S/C22H15N5OS/c1-3-8-15(9-4-1)18(16-10-5-2-6-11-16)19-26-21(28-27-19)17-14-25-22(29-17)20-23-12-7-13-24-20/h1-14,18H. The highest BCUT2D eigenvalue weighted by atomic mass is 32.1. The summed E-state index contributed by atoms with van der Waals surface area (Å²) in [6, 6.07) is 22.1. The van der Waals surface area contributed by atoms with Gasteiger partial charge >= 0.3 is 0 Å². The number of nitrogens with zero attached hydrogens (tertiary/aromatic N) is 5. The van der Waals surface area contributed by atoms with E-state index in [1.165, 1.54) is 11.3 Å². The maximum absolute atomic E-state index is 5.59. The number of benzene rings is 2. The highest BCUT2D eigenvalue weighted by Crippen LogP contribution is 2.33. The van der Waals surface area contributed by atoms with Crippen molar-refractivity contribution in [1.82, 2.24) is 25.1 Å². The average Bonchev–Trinajstić information content (AvgIpc) is 3.46. The van der Waals surface area contributed by atoms with Gasteiger partial charge in [-0.05, 0) is 17.2 Å². The van der Waals surface area contributed by atoms with Crippen LogP contribution in [0.5, 0.6) is 0 Å². The molecule has 0 saturated heterocycles. The van der Waals surface area contributed by atoms with Crippen LogP contribution in [-0.4, -0.2) is 25.1 Å². The Morgan fingerprint density at radius 3 is 2.07 bits per heavy atom. The smallest absolute Gasteiger partial charge is 0.269 e. The lowest BCUT2D eigenvalue weighted by atomic mass is 9.91. The van der Waals surface area contributed by atoms with Crippen molar-refractivity contribution in [2.75, 3.05) is 0 Å². The maximum atomic E-state index is 5.59. The molecule has 0 aliphatic carbocycles. The zero-order valence-corrected chi connectivity index (χ0v) is 16.0. The second-order valence-corrected chi connectivity index (χ2v) is 7.34. The first-order valence-electron chi connectivity index (χ1n) is 9.05. The summed E-state index contributed by atoms with van der Waals surface area (Å²) >= 11 is 1.42. The van der Waals surface area contributed by atoms with Crippen LogP contribution in [0, 0.1) is 0 Å². The van der Waals surface area contributed by atoms with Crippen molar-refractivity contribution in [3.8, 4) is 21.6 Å². The van der Waals surface area contributed by atoms with Crippen LogP contribution in [0.15, 0.2) is 89.8 Å². The van der Waals surface area contributed by atoms with Gasteiger partial charge in [-0.2, -0.15) is 4.98 Å². The van der Waals surface area contributed by atoms with Gasteiger partial charge in [-0.15, -0.1) is 11.3 Å². The fourth-order valence-corrected chi connectivity index (χ4v) is 3.91. The third-order valence-electron chi connectivity index (χ3n) is 4.44. The normalized spacial score (nSPS) is 11.1. The second kappa shape index (κ2) is 7.73. The van der Waals surface area contributed by atoms with Gasteiger partial charge in [-0.3, -0.25) is 0 Å². The van der Waals surface area contributed by atoms with E-state index in [2.05, 4.69) is 44.4 Å². The van der Waals surface area contributed by atoms with E-state index in [-0.39, 0.29) is 5.92 Å². The van der Waals surface area contributed by atoms with Gasteiger partial charge in [0.05, 0.1) is 12.1 Å². The van der Waals surface area contributed by atoms with Crippen molar-refractivity contribution >= 4 is 11.3 Å². The summed E-state index contributed by atoms with van der Waals surface area (Å²) < 4.78 is 5.59. The van der Waals surface area contributed by atoms with E-state index in [0.717, 1.165) is 16.0 Å². The number of aromatic nitrogens is 5. The molecule has 0 amide bonds. The molecule has 0 radical (unpaired) electrons. The van der Waals surface area contributed by atoms with Crippen molar-refractivity contribution in [2.45, 2.75) is 5.92 Å². The third-order valence-corrected chi connectivity index (χ3v) is 5.42. The summed E-state index contributed by atoms with van der Waals surface area (Å²) in [6.45, 7) is 0. The fraction of sp³-hybridized carbons (Fsp3) is 0.0455. The molecule has 0 fully saturated rings. The van der Waals surface area contributed by atoms with E-state index in [4.69, 9.17) is 9.51 Å². The maximum Gasteiger partial charge on any atom is 0.269 e. The molecule has 0 aliphatic rings. The lowest BCUT2D eigenvalue weighted by Gasteiger charge is -2.13. The van der Waals surface area contributed by atoms with Gasteiger partial charge in [0.2, 0.25) is 0 Å². The van der Waals surface area contributed by atoms with Crippen molar-refractivity contribution in [1.29, 1.82) is 0 Å². The molecule has 3 heterocycles. The van der Waals surface area contributed by atoms with Gasteiger partial charge in [-0.1, -0.05) is 65.8 Å². The quantitative estimate of drug-likeness (QED) is 0.423. The summed E-state index contributed by atoms with van der Waals surface area (Å²) in [4.78, 5) is 18.4. The fourth-order valence-electron chi connectivity index (χ4n) is 3.12. The van der Waals surface area contributed by atoms with Crippen LogP contribution in [0.25, 0.3) is 21.6 Å². The molecule has 140 valence electrons. The first-order valence-corrected chi connectivity index (χ1v) is 9.87. The topological polar surface area (TPSA) is 77.6 Å². The Kier molecular flexibility index (Phi) is 4.63. The Morgan fingerprint density at radius 2 is 1.41 bits per heavy atom. The third kappa shape index (κ3) is 3.55. The number of hydrogen-bond donors (Lipinski definition) is 0. The first kappa shape index (κ1) is 17.4. The minimum absolute atomic E-state index is 0.111. The summed E-state index contributed by atoms with van der Waals surface area (Å²) in [6.07, 6.45) is 5.10. The molecule has 5 rings (SSSR count). The molecule has 0 N–H and O–H groups in total. The van der Waals surface area contributed by atoms with Gasteiger partial charge in [0, 0.05) is 12.4 Å². The molecular formula is C22H15N5OS. The van der Waals surface area contributed by atoms with E-state index >= 15 is 0 Å². The van der Waals surface area contributed by atoms with Crippen LogP contribution in [0.4, 0.5) is 0 Å². The number of hydrogen-bond acceptors (Lipinski definition) is 7. The number of rotatable bonds is 5. The second-order valence-electron chi connectivity index (χ2n) is 6.31. The van der Waals surface area contributed by atoms with E-state index in [1.54, 1.807) is 24.7 Å². The molecule has 6 nitrogen and oxygen atoms in total. The van der Waals surface area contributed by atoms with Gasteiger partial charge in [-0.25, -0.2) is 15.0 Å². The van der Waals surface area contributed by atoms with Crippen molar-refractivity contribution in [3.63, 3.8) is 0 Å². The Hall–Kier alpha value is -3.71. The average molecular weight is 397 g/mol. The van der Waals surface area contributed by atoms with Crippen LogP contribution < -0.4 is 0 Å². The van der Waals surface area contributed by atoms with Crippen LogP contribution in [0.1, 0.15) is 22.9 Å². The minimum Gasteiger partial charge on any atom is -0.333 e. The Bertz CT molecular complexity index is 1170. The highest BCUT2D eigenvalue weighted by molar-refractivity contribution is 7.18. The Morgan fingerprint density at radius 1 is 0.759 bits per heavy atom. The van der Waals surface area contributed by atoms with E-state index < -0.39 is 0 Å². The highest BCUT2D eigenvalue weighted by Gasteiger charge is 2.23. The molecule has 0 spiro atoms. The molecule has 0 aliphatic heterocycles. The van der Waals surface area contributed by atoms with Crippen LogP contribution in [0.2, 0.25) is 0 Å². The van der Waals surface area contributed by atoms with Gasteiger partial charge in [0.25, 0.3) is 5.89 Å². The van der Waals surface area contributed by atoms with Gasteiger partial charge in [0.15, 0.2) is 16.7 Å². The summed E-state index contributed by atoms with van der Waals surface area (Å²) in [5.74, 6) is 1.52. The van der Waals surface area contributed by atoms with Gasteiger partial charge < -0.3 is 4.52 Å². The summed E-state index contributed by atoms with van der Waals surface area (Å²) in [5, 5.41) is 5.00. The zero-order chi connectivity index (χ0) is 19.5. The Balaban J connectivity index is 1.52. The lowest BCUT2D eigenvalue weighted by Crippen LogP contribution is -2.05. The molecule has 0 unspecified atom stereocenters. The molecule has 0 saturated carbocycles. The lowest BCUT2D eigenvalue weighted by molar-refractivity contribution is 0.422. The van der Waals surface area contributed by atoms with Gasteiger partial charge in [0.1, 0.15) is 4.88 Å². The summed E-state index contributed by atoms with van der Waals surface area (Å²) in [7, 11) is 0. The summed E-state index contributed by atoms with van der Waals surface area (Å²) in [5.41, 5.74) is 2.21. The largest absolute Gasteiger partial charge is 0.333 e. The van der Waals surface area contributed by atoms with Crippen LogP contribution >= 0.6 is 11.3 Å². The molecular weight excluding hydrogens is 382 g/mol. The molecule has 3 aromatic heterocycles. The SMILES string of the molecule is c1ccc(C(c2ccccc2)c2noc(-c3cnc(-c4ncccn4)s3)n2)cc1. The first-order chi connectivity index (χ1) is 14.4. The minimum atomic E-state index is -0.111. The molecule has 0 bridgehead atoms. The predicted octanol–water partition coefficient (Wildman–Crippen LogP) is 4.83. The molecule has 7 heteroatoms. The predicted molar refractivity (Wildman–Crippen MR) is 110 cm³/mol.